The smallest absolute Gasteiger partial charge is 0.251 e. The highest BCUT2D eigenvalue weighted by molar-refractivity contribution is 6.22. The van der Waals surface area contributed by atoms with Crippen LogP contribution in [0.25, 0.3) is 0 Å². The van der Waals surface area contributed by atoms with E-state index in [9.17, 15) is 14.4 Å². The molecule has 28 heavy (non-hydrogen) atoms. The molecule has 7 heteroatoms. The minimum absolute atomic E-state index is 0.0549. The molecule has 3 aliphatic rings. The molecule has 150 valence electrons. The van der Waals surface area contributed by atoms with Gasteiger partial charge in [0.05, 0.1) is 25.3 Å². The molecular weight excluding hydrogens is 358 g/mol. The van der Waals surface area contributed by atoms with Crippen molar-refractivity contribution in [2.24, 2.45) is 5.92 Å². The average molecular weight is 385 g/mol. The second-order valence-corrected chi connectivity index (χ2v) is 7.83. The van der Waals surface area contributed by atoms with Crippen LogP contribution in [0.3, 0.4) is 0 Å². The summed E-state index contributed by atoms with van der Waals surface area (Å²) in [6.07, 6.45) is 3.93. The molecule has 3 fully saturated rings. The van der Waals surface area contributed by atoms with Crippen LogP contribution in [-0.2, 0) is 14.4 Å². The van der Waals surface area contributed by atoms with Crippen molar-refractivity contribution in [3.05, 3.63) is 24.3 Å². The molecule has 3 heterocycles. The van der Waals surface area contributed by atoms with E-state index in [1.54, 1.807) is 31.4 Å². The number of hydrogen-bond donors (Lipinski definition) is 0. The molecule has 1 aromatic rings. The van der Waals surface area contributed by atoms with Crippen LogP contribution in [0.2, 0.25) is 0 Å². The number of ether oxygens (including phenoxy) is 1. The molecule has 4 rings (SSSR count). The number of piperidine rings is 1. The van der Waals surface area contributed by atoms with Gasteiger partial charge in [-0.1, -0.05) is 0 Å². The van der Waals surface area contributed by atoms with E-state index in [0.29, 0.717) is 24.5 Å². The lowest BCUT2D eigenvalue weighted by molar-refractivity contribution is -0.136. The number of hydrogen-bond acceptors (Lipinski definition) is 5. The van der Waals surface area contributed by atoms with E-state index in [1.165, 1.54) is 4.90 Å². The monoisotopic (exact) mass is 385 g/mol. The highest BCUT2D eigenvalue weighted by Crippen LogP contribution is 2.30. The minimum atomic E-state index is -0.419. The summed E-state index contributed by atoms with van der Waals surface area (Å²) in [4.78, 5) is 43.4. The van der Waals surface area contributed by atoms with Crippen molar-refractivity contribution in [1.82, 2.24) is 9.80 Å². The maximum atomic E-state index is 13.0. The van der Waals surface area contributed by atoms with Crippen molar-refractivity contribution >= 4 is 23.4 Å². The Hall–Kier alpha value is -2.41. The highest BCUT2D eigenvalue weighted by Gasteiger charge is 2.44. The molecule has 1 unspecified atom stereocenters. The zero-order chi connectivity index (χ0) is 19.7. The Balaban J connectivity index is 1.38. The van der Waals surface area contributed by atoms with E-state index in [4.69, 9.17) is 4.74 Å². The number of rotatable bonds is 4. The minimum Gasteiger partial charge on any atom is -0.497 e. The predicted molar refractivity (Wildman–Crippen MR) is 104 cm³/mol. The fourth-order valence-corrected chi connectivity index (χ4v) is 4.56. The number of carbonyl (C=O) groups is 3. The van der Waals surface area contributed by atoms with E-state index in [2.05, 4.69) is 4.90 Å². The van der Waals surface area contributed by atoms with Crippen LogP contribution in [0.1, 0.15) is 32.1 Å². The third-order valence-corrected chi connectivity index (χ3v) is 6.19. The van der Waals surface area contributed by atoms with Gasteiger partial charge in [0.25, 0.3) is 5.91 Å². The standard InChI is InChI=1S/C21H27N3O4/c1-28-17-6-4-16(5-7-17)24-19(25)14-18(21(24)27)22-12-8-15(9-13-22)20(26)23-10-2-3-11-23/h4-7,15,18H,2-3,8-14H2,1H3. The van der Waals surface area contributed by atoms with Crippen molar-refractivity contribution in [2.75, 3.05) is 38.2 Å². The average Bonchev–Trinajstić information content (AvgIpc) is 3.36. The summed E-state index contributed by atoms with van der Waals surface area (Å²) >= 11 is 0. The maximum Gasteiger partial charge on any atom is 0.251 e. The van der Waals surface area contributed by atoms with E-state index in [0.717, 1.165) is 38.8 Å². The van der Waals surface area contributed by atoms with Crippen molar-refractivity contribution in [3.63, 3.8) is 0 Å². The highest BCUT2D eigenvalue weighted by atomic mass is 16.5. The molecule has 3 amide bonds. The van der Waals surface area contributed by atoms with Gasteiger partial charge in [-0.3, -0.25) is 19.3 Å². The van der Waals surface area contributed by atoms with Gasteiger partial charge in [-0.2, -0.15) is 0 Å². The Bertz CT molecular complexity index is 749. The summed E-state index contributed by atoms with van der Waals surface area (Å²) in [5.41, 5.74) is 0.581. The number of nitrogens with zero attached hydrogens (tertiary/aromatic N) is 3. The summed E-state index contributed by atoms with van der Waals surface area (Å²) in [5.74, 6) is 0.670. The normalized spacial score (nSPS) is 24.2. The summed E-state index contributed by atoms with van der Waals surface area (Å²) in [6, 6.07) is 6.55. The number of anilines is 1. The molecule has 0 spiro atoms. The molecule has 0 N–H and O–H groups in total. The van der Waals surface area contributed by atoms with Crippen LogP contribution in [0.4, 0.5) is 5.69 Å². The van der Waals surface area contributed by atoms with Crippen molar-refractivity contribution in [1.29, 1.82) is 0 Å². The first-order valence-electron chi connectivity index (χ1n) is 10.1. The first-order chi connectivity index (χ1) is 13.6. The van der Waals surface area contributed by atoms with Gasteiger partial charge in [0.15, 0.2) is 0 Å². The zero-order valence-electron chi connectivity index (χ0n) is 16.3. The Morgan fingerprint density at radius 2 is 1.64 bits per heavy atom. The third-order valence-electron chi connectivity index (χ3n) is 6.19. The van der Waals surface area contributed by atoms with Gasteiger partial charge in [0, 0.05) is 19.0 Å². The van der Waals surface area contributed by atoms with Crippen LogP contribution in [0.5, 0.6) is 5.75 Å². The molecule has 3 aliphatic heterocycles. The number of methoxy groups -OCH3 is 1. The van der Waals surface area contributed by atoms with Gasteiger partial charge in [-0.15, -0.1) is 0 Å². The lowest BCUT2D eigenvalue weighted by Crippen LogP contribution is -2.48. The lowest BCUT2D eigenvalue weighted by atomic mass is 9.94. The number of likely N-dealkylation sites (tertiary alicyclic amines) is 2. The number of amides is 3. The van der Waals surface area contributed by atoms with Crippen molar-refractivity contribution in [2.45, 2.75) is 38.1 Å². The van der Waals surface area contributed by atoms with Gasteiger partial charge in [0.2, 0.25) is 11.8 Å². The molecule has 0 saturated carbocycles. The topological polar surface area (TPSA) is 70.2 Å². The molecule has 3 saturated heterocycles. The maximum absolute atomic E-state index is 13.0. The van der Waals surface area contributed by atoms with Crippen molar-refractivity contribution in [3.8, 4) is 5.75 Å². The fraction of sp³-hybridized carbons (Fsp3) is 0.571. The molecule has 0 aliphatic carbocycles. The first-order valence-corrected chi connectivity index (χ1v) is 10.1. The van der Waals surface area contributed by atoms with Crippen LogP contribution < -0.4 is 9.64 Å². The second kappa shape index (κ2) is 7.91. The van der Waals surface area contributed by atoms with E-state index in [1.807, 2.05) is 4.90 Å². The molecule has 0 bridgehead atoms. The van der Waals surface area contributed by atoms with Crippen LogP contribution >= 0.6 is 0 Å². The predicted octanol–water partition coefficient (Wildman–Crippen LogP) is 1.66. The number of imide groups is 1. The Kier molecular flexibility index (Phi) is 5.35. The Morgan fingerprint density at radius 1 is 1.00 bits per heavy atom. The largest absolute Gasteiger partial charge is 0.497 e. The third kappa shape index (κ3) is 3.51. The lowest BCUT2D eigenvalue weighted by Gasteiger charge is -2.35. The quantitative estimate of drug-likeness (QED) is 0.738. The van der Waals surface area contributed by atoms with Crippen molar-refractivity contribution < 1.29 is 19.1 Å². The molecule has 7 nitrogen and oxygen atoms in total. The van der Waals surface area contributed by atoms with Gasteiger partial charge >= 0.3 is 0 Å². The van der Waals surface area contributed by atoms with Gasteiger partial charge in [-0.05, 0) is 63.0 Å². The molecular formula is C21H27N3O4. The number of benzene rings is 1. The summed E-state index contributed by atoms with van der Waals surface area (Å²) in [5, 5.41) is 0. The molecule has 1 atom stereocenters. The van der Waals surface area contributed by atoms with E-state index < -0.39 is 6.04 Å². The van der Waals surface area contributed by atoms with E-state index in [-0.39, 0.29) is 30.1 Å². The fourth-order valence-electron chi connectivity index (χ4n) is 4.56. The number of carbonyl (C=O) groups excluding carboxylic acids is 3. The zero-order valence-corrected chi connectivity index (χ0v) is 16.3. The van der Waals surface area contributed by atoms with Crippen LogP contribution in [0.15, 0.2) is 24.3 Å². The Morgan fingerprint density at radius 3 is 2.25 bits per heavy atom. The Labute approximate surface area is 165 Å². The SMILES string of the molecule is COc1ccc(N2C(=O)CC(N3CCC(C(=O)N4CCCC4)CC3)C2=O)cc1. The molecule has 1 aromatic carbocycles. The second-order valence-electron chi connectivity index (χ2n) is 7.83. The summed E-state index contributed by atoms with van der Waals surface area (Å²) in [6.45, 7) is 3.13. The van der Waals surface area contributed by atoms with Gasteiger partial charge in [-0.25, -0.2) is 4.90 Å². The first kappa shape index (κ1) is 18.9. The molecule has 0 radical (unpaired) electrons. The van der Waals surface area contributed by atoms with Gasteiger partial charge in [0.1, 0.15) is 5.75 Å². The van der Waals surface area contributed by atoms with E-state index >= 15 is 0 Å². The summed E-state index contributed by atoms with van der Waals surface area (Å²) < 4.78 is 5.14. The summed E-state index contributed by atoms with van der Waals surface area (Å²) in [7, 11) is 1.58. The van der Waals surface area contributed by atoms with Gasteiger partial charge < -0.3 is 9.64 Å². The van der Waals surface area contributed by atoms with Crippen LogP contribution in [-0.4, -0.2) is 66.9 Å². The molecule has 0 aromatic heterocycles. The van der Waals surface area contributed by atoms with Crippen LogP contribution in [0, 0.1) is 5.92 Å².